The van der Waals surface area contributed by atoms with Gasteiger partial charge in [0.15, 0.2) is 5.78 Å². The van der Waals surface area contributed by atoms with Gasteiger partial charge in [-0.05, 0) is 18.9 Å². The average Bonchev–Trinajstić information content (AvgIpc) is 2.39. The van der Waals surface area contributed by atoms with Crippen molar-refractivity contribution in [1.29, 1.82) is 0 Å². The molecule has 19 heavy (non-hydrogen) atoms. The van der Waals surface area contributed by atoms with E-state index in [0.29, 0.717) is 6.61 Å². The molecule has 0 saturated carbocycles. The molecule has 0 bridgehead atoms. The van der Waals surface area contributed by atoms with Gasteiger partial charge in [-0.1, -0.05) is 37.3 Å². The van der Waals surface area contributed by atoms with Crippen LogP contribution in [0.15, 0.2) is 30.3 Å². The summed E-state index contributed by atoms with van der Waals surface area (Å²) in [6.45, 7) is 4.02. The van der Waals surface area contributed by atoms with E-state index in [1.807, 2.05) is 37.3 Å². The van der Waals surface area contributed by atoms with Crippen molar-refractivity contribution >= 4 is 11.8 Å². The van der Waals surface area contributed by atoms with E-state index in [4.69, 9.17) is 9.47 Å². The Morgan fingerprint density at radius 3 is 2.53 bits per heavy atom. The Kier molecular flexibility index (Phi) is 6.82. The highest BCUT2D eigenvalue weighted by molar-refractivity contribution is 5.96. The molecule has 0 fully saturated rings. The number of ketones is 1. The highest BCUT2D eigenvalue weighted by atomic mass is 16.5. The lowest BCUT2D eigenvalue weighted by Gasteiger charge is -2.10. The van der Waals surface area contributed by atoms with Crippen LogP contribution in [0.1, 0.15) is 32.3 Å². The summed E-state index contributed by atoms with van der Waals surface area (Å²) in [7, 11) is 0. The van der Waals surface area contributed by atoms with Gasteiger partial charge in [-0.2, -0.15) is 0 Å². The molecule has 0 aliphatic heterocycles. The monoisotopic (exact) mass is 264 g/mol. The lowest BCUT2D eigenvalue weighted by atomic mass is 10.2. The predicted octanol–water partition coefficient (Wildman–Crippen LogP) is 2.50. The molecule has 0 N–H and O–H groups in total. The number of hydrogen-bond acceptors (Lipinski definition) is 4. The molecule has 0 radical (unpaired) electrons. The maximum absolute atomic E-state index is 11.5. The van der Waals surface area contributed by atoms with E-state index in [1.165, 1.54) is 0 Å². The number of carbonyl (C=O) groups is 2. The van der Waals surface area contributed by atoms with Gasteiger partial charge < -0.3 is 9.47 Å². The second kappa shape index (κ2) is 8.43. The van der Waals surface area contributed by atoms with Gasteiger partial charge in [0.2, 0.25) is 0 Å². The minimum Gasteiger partial charge on any atom is -0.462 e. The second-order valence-corrected chi connectivity index (χ2v) is 4.40. The molecule has 4 nitrogen and oxygen atoms in total. The molecule has 1 aromatic rings. The summed E-state index contributed by atoms with van der Waals surface area (Å²) in [5.74, 6) is -0.744. The lowest BCUT2D eigenvalue weighted by Crippen LogP contribution is -2.19. The van der Waals surface area contributed by atoms with Crippen molar-refractivity contribution < 1.29 is 19.1 Å². The van der Waals surface area contributed by atoms with Crippen LogP contribution in [0, 0.1) is 0 Å². The van der Waals surface area contributed by atoms with Crippen molar-refractivity contribution in [1.82, 2.24) is 0 Å². The summed E-state index contributed by atoms with van der Waals surface area (Å²) in [5.41, 5.74) is 0.998. The molecule has 104 valence electrons. The summed E-state index contributed by atoms with van der Waals surface area (Å²) in [6.07, 6.45) is 0.370. The van der Waals surface area contributed by atoms with Crippen molar-refractivity contribution in [2.24, 2.45) is 0 Å². The Morgan fingerprint density at radius 2 is 1.89 bits per heavy atom. The Labute approximate surface area is 113 Å². The molecule has 0 aliphatic carbocycles. The third-order valence-corrected chi connectivity index (χ3v) is 2.62. The van der Waals surface area contributed by atoms with Crippen LogP contribution in [0.3, 0.4) is 0 Å². The number of hydrogen-bond donors (Lipinski definition) is 0. The topological polar surface area (TPSA) is 52.6 Å². The summed E-state index contributed by atoms with van der Waals surface area (Å²) in [6, 6.07) is 9.57. The quantitative estimate of drug-likeness (QED) is 0.534. The first kappa shape index (κ1) is 15.4. The number of Topliss-reactive ketones (excluding diaryl/α,β-unsaturated/α-hetero) is 1. The first-order chi connectivity index (χ1) is 9.11. The standard InChI is InChI=1S/C15H20O4/c1-3-12(2)19-15(17)9-14(16)11-18-10-13-7-5-4-6-8-13/h4-8,12H,3,9-11H2,1-2H3. The molecule has 0 aliphatic rings. The van der Waals surface area contributed by atoms with Crippen molar-refractivity contribution in [2.75, 3.05) is 6.61 Å². The van der Waals surface area contributed by atoms with E-state index in [2.05, 4.69) is 0 Å². The molecule has 1 aromatic carbocycles. The normalized spacial score (nSPS) is 11.9. The van der Waals surface area contributed by atoms with Crippen LogP contribution >= 0.6 is 0 Å². The number of carbonyl (C=O) groups excluding carboxylic acids is 2. The Bertz CT molecular complexity index is 400. The van der Waals surface area contributed by atoms with Crippen molar-refractivity contribution in [2.45, 2.75) is 39.4 Å². The van der Waals surface area contributed by atoms with E-state index in [9.17, 15) is 9.59 Å². The van der Waals surface area contributed by atoms with Gasteiger partial charge in [-0.15, -0.1) is 0 Å². The number of esters is 1. The molecular formula is C15H20O4. The minimum absolute atomic E-state index is 0.0650. The van der Waals surface area contributed by atoms with E-state index in [1.54, 1.807) is 6.92 Å². The first-order valence-corrected chi connectivity index (χ1v) is 6.44. The van der Waals surface area contributed by atoms with Crippen LogP contribution in [0.2, 0.25) is 0 Å². The largest absolute Gasteiger partial charge is 0.462 e. The zero-order valence-corrected chi connectivity index (χ0v) is 11.4. The molecule has 1 atom stereocenters. The van der Waals surface area contributed by atoms with Crippen LogP contribution in [0.25, 0.3) is 0 Å². The second-order valence-electron chi connectivity index (χ2n) is 4.40. The fourth-order valence-corrected chi connectivity index (χ4v) is 1.42. The highest BCUT2D eigenvalue weighted by Crippen LogP contribution is 2.02. The summed E-state index contributed by atoms with van der Waals surface area (Å²) in [5, 5.41) is 0. The molecule has 0 spiro atoms. The summed E-state index contributed by atoms with van der Waals surface area (Å²) >= 11 is 0. The van der Waals surface area contributed by atoms with Gasteiger partial charge in [0.05, 0.1) is 12.7 Å². The Morgan fingerprint density at radius 1 is 1.21 bits per heavy atom. The molecule has 1 unspecified atom stereocenters. The van der Waals surface area contributed by atoms with E-state index in [0.717, 1.165) is 12.0 Å². The smallest absolute Gasteiger partial charge is 0.313 e. The minimum atomic E-state index is -0.484. The van der Waals surface area contributed by atoms with Crippen molar-refractivity contribution in [3.8, 4) is 0 Å². The maximum atomic E-state index is 11.5. The molecule has 0 saturated heterocycles. The molecular weight excluding hydrogens is 244 g/mol. The van der Waals surface area contributed by atoms with Gasteiger partial charge in [-0.3, -0.25) is 9.59 Å². The SMILES string of the molecule is CCC(C)OC(=O)CC(=O)COCc1ccccc1. The summed E-state index contributed by atoms with van der Waals surface area (Å²) in [4.78, 5) is 22.8. The molecule has 0 amide bonds. The molecule has 1 rings (SSSR count). The maximum Gasteiger partial charge on any atom is 0.313 e. The van der Waals surface area contributed by atoms with Gasteiger partial charge in [0, 0.05) is 0 Å². The van der Waals surface area contributed by atoms with Crippen molar-refractivity contribution in [3.05, 3.63) is 35.9 Å². The molecule has 0 heterocycles. The zero-order valence-electron chi connectivity index (χ0n) is 11.4. The number of benzene rings is 1. The van der Waals surface area contributed by atoms with Gasteiger partial charge in [0.25, 0.3) is 0 Å². The molecule has 4 heteroatoms. The van der Waals surface area contributed by atoms with E-state index < -0.39 is 5.97 Å². The van der Waals surface area contributed by atoms with Crippen LogP contribution in [-0.2, 0) is 25.7 Å². The summed E-state index contributed by atoms with van der Waals surface area (Å²) < 4.78 is 10.3. The van der Waals surface area contributed by atoms with Crippen LogP contribution in [0.5, 0.6) is 0 Å². The van der Waals surface area contributed by atoms with Gasteiger partial charge in [-0.25, -0.2) is 0 Å². The predicted molar refractivity (Wildman–Crippen MR) is 71.6 cm³/mol. The Balaban J connectivity index is 2.19. The van der Waals surface area contributed by atoms with Crippen LogP contribution in [0.4, 0.5) is 0 Å². The number of ether oxygens (including phenoxy) is 2. The third kappa shape index (κ3) is 6.72. The fraction of sp³-hybridized carbons (Fsp3) is 0.467. The van der Waals surface area contributed by atoms with Gasteiger partial charge >= 0.3 is 5.97 Å². The third-order valence-electron chi connectivity index (χ3n) is 2.62. The fourth-order valence-electron chi connectivity index (χ4n) is 1.42. The highest BCUT2D eigenvalue weighted by Gasteiger charge is 2.13. The first-order valence-electron chi connectivity index (χ1n) is 6.44. The number of rotatable bonds is 8. The van der Waals surface area contributed by atoms with Crippen molar-refractivity contribution in [3.63, 3.8) is 0 Å². The van der Waals surface area contributed by atoms with Crippen LogP contribution in [-0.4, -0.2) is 24.5 Å². The zero-order chi connectivity index (χ0) is 14.1. The van der Waals surface area contributed by atoms with Crippen LogP contribution < -0.4 is 0 Å². The molecule has 0 aromatic heterocycles. The van der Waals surface area contributed by atoms with E-state index in [-0.39, 0.29) is 24.9 Å². The van der Waals surface area contributed by atoms with E-state index >= 15 is 0 Å². The Hall–Kier alpha value is -1.68. The van der Waals surface area contributed by atoms with Gasteiger partial charge in [0.1, 0.15) is 13.0 Å². The lowest BCUT2D eigenvalue weighted by molar-refractivity contribution is -0.151. The average molecular weight is 264 g/mol.